The highest BCUT2D eigenvalue weighted by atomic mass is 35.5. The molecule has 3 aromatic rings. The summed E-state index contributed by atoms with van der Waals surface area (Å²) in [5, 5.41) is 2.74. The fourth-order valence-corrected chi connectivity index (χ4v) is 2.50. The number of pyridine rings is 1. The lowest BCUT2D eigenvalue weighted by molar-refractivity contribution is -0.153. The quantitative estimate of drug-likeness (QED) is 0.552. The standard InChI is InChI=1S/C20H14ClF3N2O3/c21-14-4-5-18(28-12-20(22,23)24)17(11-14)26-19(27)13-2-1-3-16(10-13)29-15-6-8-25-9-7-15/h1-11H,12H2,(H,26,27). The van der Waals surface area contributed by atoms with E-state index in [4.69, 9.17) is 21.1 Å². The van der Waals surface area contributed by atoms with Crippen LogP contribution >= 0.6 is 11.6 Å². The second kappa shape index (κ2) is 8.83. The van der Waals surface area contributed by atoms with Gasteiger partial charge in [-0.05, 0) is 48.5 Å². The van der Waals surface area contributed by atoms with Crippen molar-refractivity contribution in [2.75, 3.05) is 11.9 Å². The lowest BCUT2D eigenvalue weighted by atomic mass is 10.2. The van der Waals surface area contributed by atoms with Crippen molar-refractivity contribution < 1.29 is 27.4 Å². The number of nitrogens with one attached hydrogen (secondary N) is 1. The lowest BCUT2D eigenvalue weighted by Crippen LogP contribution is -2.20. The normalized spacial score (nSPS) is 11.0. The predicted molar refractivity (Wildman–Crippen MR) is 102 cm³/mol. The third kappa shape index (κ3) is 6.11. The first kappa shape index (κ1) is 20.5. The molecule has 0 saturated carbocycles. The van der Waals surface area contributed by atoms with Crippen LogP contribution in [0, 0.1) is 0 Å². The molecule has 0 aliphatic heterocycles. The van der Waals surface area contributed by atoms with Crippen LogP contribution in [0.1, 0.15) is 10.4 Å². The Labute approximate surface area is 169 Å². The Hall–Kier alpha value is -3.26. The highest BCUT2D eigenvalue weighted by molar-refractivity contribution is 6.31. The Morgan fingerprint density at radius 2 is 1.79 bits per heavy atom. The number of rotatable bonds is 6. The Kier molecular flexibility index (Phi) is 6.23. The second-order valence-corrected chi connectivity index (χ2v) is 6.25. The van der Waals surface area contributed by atoms with Crippen molar-refractivity contribution in [3.05, 3.63) is 77.6 Å². The Balaban J connectivity index is 1.76. The van der Waals surface area contributed by atoms with Crippen molar-refractivity contribution in [1.82, 2.24) is 4.98 Å². The van der Waals surface area contributed by atoms with E-state index in [1.165, 1.54) is 30.3 Å². The molecule has 1 heterocycles. The van der Waals surface area contributed by atoms with Crippen molar-refractivity contribution in [1.29, 1.82) is 0 Å². The molecule has 0 fully saturated rings. The van der Waals surface area contributed by atoms with E-state index in [9.17, 15) is 18.0 Å². The first-order valence-corrected chi connectivity index (χ1v) is 8.66. The second-order valence-electron chi connectivity index (χ2n) is 5.81. The minimum Gasteiger partial charge on any atom is -0.482 e. The summed E-state index contributed by atoms with van der Waals surface area (Å²) in [4.78, 5) is 16.5. The number of ether oxygens (including phenoxy) is 2. The molecular weight excluding hydrogens is 409 g/mol. The van der Waals surface area contributed by atoms with E-state index in [2.05, 4.69) is 10.3 Å². The van der Waals surface area contributed by atoms with Crippen molar-refractivity contribution >= 4 is 23.2 Å². The number of hydrogen-bond acceptors (Lipinski definition) is 4. The van der Waals surface area contributed by atoms with Crippen LogP contribution in [0.4, 0.5) is 18.9 Å². The molecule has 0 atom stereocenters. The number of anilines is 1. The smallest absolute Gasteiger partial charge is 0.422 e. The van der Waals surface area contributed by atoms with Crippen molar-refractivity contribution in [3.8, 4) is 17.2 Å². The third-order valence-corrected chi connectivity index (χ3v) is 3.80. The molecule has 150 valence electrons. The molecule has 0 bridgehead atoms. The predicted octanol–water partition coefficient (Wildman–Crippen LogP) is 5.72. The van der Waals surface area contributed by atoms with Gasteiger partial charge in [-0.1, -0.05) is 17.7 Å². The summed E-state index contributed by atoms with van der Waals surface area (Å²) in [5.74, 6) is 0.229. The molecule has 0 saturated heterocycles. The number of alkyl halides is 3. The molecule has 1 aromatic heterocycles. The van der Waals surface area contributed by atoms with Crippen molar-refractivity contribution in [2.45, 2.75) is 6.18 Å². The van der Waals surface area contributed by atoms with Gasteiger partial charge in [-0.3, -0.25) is 9.78 Å². The third-order valence-electron chi connectivity index (χ3n) is 3.56. The van der Waals surface area contributed by atoms with Gasteiger partial charge >= 0.3 is 6.18 Å². The summed E-state index contributed by atoms with van der Waals surface area (Å²) in [6, 6.07) is 13.6. The number of carbonyl (C=O) groups excluding carboxylic acids is 1. The zero-order valence-corrected chi connectivity index (χ0v) is 15.5. The minimum atomic E-state index is -4.51. The van der Waals surface area contributed by atoms with Crippen molar-refractivity contribution in [3.63, 3.8) is 0 Å². The molecule has 0 aliphatic carbocycles. The molecule has 29 heavy (non-hydrogen) atoms. The van der Waals surface area contributed by atoms with E-state index in [1.807, 2.05) is 0 Å². The van der Waals surface area contributed by atoms with Gasteiger partial charge in [0.15, 0.2) is 6.61 Å². The molecule has 1 N–H and O–H groups in total. The summed E-state index contributed by atoms with van der Waals surface area (Å²) in [6.45, 7) is -1.49. The van der Waals surface area contributed by atoms with E-state index in [0.29, 0.717) is 11.5 Å². The van der Waals surface area contributed by atoms with Gasteiger partial charge in [-0.2, -0.15) is 13.2 Å². The largest absolute Gasteiger partial charge is 0.482 e. The molecule has 2 aromatic carbocycles. The van der Waals surface area contributed by atoms with Crippen LogP contribution < -0.4 is 14.8 Å². The number of benzene rings is 2. The summed E-state index contributed by atoms with van der Waals surface area (Å²) < 4.78 is 47.8. The maximum atomic E-state index is 12.6. The molecule has 0 spiro atoms. The van der Waals surface area contributed by atoms with Gasteiger partial charge in [0.05, 0.1) is 5.69 Å². The van der Waals surface area contributed by atoms with Gasteiger partial charge in [0.2, 0.25) is 0 Å². The van der Waals surface area contributed by atoms with Gasteiger partial charge in [0.1, 0.15) is 17.2 Å². The first-order valence-electron chi connectivity index (χ1n) is 8.28. The van der Waals surface area contributed by atoms with Crippen LogP contribution in [0.2, 0.25) is 5.02 Å². The van der Waals surface area contributed by atoms with Crippen LogP contribution in [0.3, 0.4) is 0 Å². The number of halogens is 4. The lowest BCUT2D eigenvalue weighted by Gasteiger charge is -2.14. The van der Waals surface area contributed by atoms with Gasteiger partial charge < -0.3 is 14.8 Å². The Bertz CT molecular complexity index is 998. The summed E-state index contributed by atoms with van der Waals surface area (Å²) in [5.41, 5.74) is 0.255. The molecule has 5 nitrogen and oxygen atoms in total. The van der Waals surface area contributed by atoms with Gasteiger partial charge in [0, 0.05) is 23.0 Å². The van der Waals surface area contributed by atoms with Crippen LogP contribution in [0.5, 0.6) is 17.2 Å². The zero-order chi connectivity index (χ0) is 20.9. The number of nitrogens with zero attached hydrogens (tertiary/aromatic N) is 1. The van der Waals surface area contributed by atoms with Gasteiger partial charge in [0.25, 0.3) is 5.91 Å². The fourth-order valence-electron chi connectivity index (χ4n) is 2.32. The average molecular weight is 423 g/mol. The number of hydrogen-bond donors (Lipinski definition) is 1. The van der Waals surface area contributed by atoms with E-state index in [-0.39, 0.29) is 22.0 Å². The van der Waals surface area contributed by atoms with E-state index < -0.39 is 18.7 Å². The van der Waals surface area contributed by atoms with E-state index in [1.54, 1.807) is 36.7 Å². The maximum Gasteiger partial charge on any atom is 0.422 e. The molecule has 0 unspecified atom stereocenters. The molecular formula is C20H14ClF3N2O3. The van der Waals surface area contributed by atoms with Crippen LogP contribution in [0.15, 0.2) is 67.0 Å². The average Bonchev–Trinajstić information content (AvgIpc) is 2.67. The maximum absolute atomic E-state index is 12.6. The zero-order valence-electron chi connectivity index (χ0n) is 14.7. The molecule has 3 rings (SSSR count). The van der Waals surface area contributed by atoms with Crippen LogP contribution in [-0.2, 0) is 0 Å². The number of amides is 1. The molecule has 0 radical (unpaired) electrons. The fraction of sp³-hybridized carbons (Fsp3) is 0.100. The number of carbonyl (C=O) groups is 1. The van der Waals surface area contributed by atoms with Gasteiger partial charge in [-0.15, -0.1) is 0 Å². The first-order chi connectivity index (χ1) is 13.8. The SMILES string of the molecule is O=C(Nc1cc(Cl)ccc1OCC(F)(F)F)c1cccc(Oc2ccncc2)c1. The Morgan fingerprint density at radius 3 is 2.52 bits per heavy atom. The van der Waals surface area contributed by atoms with Gasteiger partial charge in [-0.25, -0.2) is 0 Å². The highest BCUT2D eigenvalue weighted by Gasteiger charge is 2.29. The monoisotopic (exact) mass is 422 g/mol. The number of aromatic nitrogens is 1. The summed E-state index contributed by atoms with van der Waals surface area (Å²) >= 11 is 5.90. The Morgan fingerprint density at radius 1 is 1.03 bits per heavy atom. The molecule has 1 amide bonds. The highest BCUT2D eigenvalue weighted by Crippen LogP contribution is 2.30. The molecule has 0 aliphatic rings. The van der Waals surface area contributed by atoms with Crippen LogP contribution in [0.25, 0.3) is 0 Å². The van der Waals surface area contributed by atoms with E-state index in [0.717, 1.165) is 0 Å². The summed E-state index contributed by atoms with van der Waals surface area (Å²) in [7, 11) is 0. The topological polar surface area (TPSA) is 60.5 Å². The summed E-state index contributed by atoms with van der Waals surface area (Å²) in [6.07, 6.45) is -1.39. The van der Waals surface area contributed by atoms with Crippen LogP contribution in [-0.4, -0.2) is 23.7 Å². The minimum absolute atomic E-state index is 0.0206. The van der Waals surface area contributed by atoms with Crippen molar-refractivity contribution in [2.24, 2.45) is 0 Å². The molecule has 9 heteroatoms. The van der Waals surface area contributed by atoms with E-state index >= 15 is 0 Å².